The molecule has 5 heteroatoms. The first-order chi connectivity index (χ1) is 8.31. The average Bonchev–Trinajstić information content (AvgIpc) is 2.78. The molecule has 17 heavy (non-hydrogen) atoms. The van der Waals surface area contributed by atoms with Crippen LogP contribution < -0.4 is 5.32 Å². The number of nitrogens with zero attached hydrogens (tertiary/aromatic N) is 4. The fourth-order valence-electron chi connectivity index (χ4n) is 1.69. The Morgan fingerprint density at radius 3 is 2.76 bits per heavy atom. The molecule has 0 aliphatic heterocycles. The van der Waals surface area contributed by atoms with Crippen LogP contribution in [0.4, 0.5) is 0 Å². The van der Waals surface area contributed by atoms with E-state index in [0.29, 0.717) is 0 Å². The maximum atomic E-state index is 4.38. The Bertz CT molecular complexity index is 451. The van der Waals surface area contributed by atoms with E-state index < -0.39 is 0 Å². The molecule has 0 fully saturated rings. The van der Waals surface area contributed by atoms with Crippen molar-refractivity contribution in [1.82, 2.24) is 24.8 Å². The van der Waals surface area contributed by atoms with Gasteiger partial charge in [-0.1, -0.05) is 6.92 Å². The van der Waals surface area contributed by atoms with Crippen molar-refractivity contribution in [3.8, 4) is 0 Å². The lowest BCUT2D eigenvalue weighted by atomic mass is 10.1. The van der Waals surface area contributed by atoms with Crippen LogP contribution >= 0.6 is 0 Å². The minimum Gasteiger partial charge on any atom is -0.340 e. The number of aryl methyl sites for hydroxylation is 1. The molecule has 0 saturated carbocycles. The van der Waals surface area contributed by atoms with Crippen molar-refractivity contribution in [3.05, 3.63) is 42.5 Å². The van der Waals surface area contributed by atoms with Crippen LogP contribution in [0.2, 0.25) is 0 Å². The largest absolute Gasteiger partial charge is 0.340 e. The summed E-state index contributed by atoms with van der Waals surface area (Å²) in [5, 5.41) is 3.44. The first-order valence-electron chi connectivity index (χ1n) is 5.78. The zero-order chi connectivity index (χ0) is 12.1. The maximum Gasteiger partial charge on any atom is 0.0956 e. The summed E-state index contributed by atoms with van der Waals surface area (Å²) in [6, 6.07) is 0.0184. The molecule has 0 aromatic carbocycles. The molecule has 2 heterocycles. The second-order valence-corrected chi connectivity index (χ2v) is 3.98. The van der Waals surface area contributed by atoms with Crippen LogP contribution in [0.5, 0.6) is 0 Å². The predicted octanol–water partition coefficient (Wildman–Crippen LogP) is 1.30. The van der Waals surface area contributed by atoms with Gasteiger partial charge in [-0.25, -0.2) is 4.98 Å². The molecule has 1 unspecified atom stereocenters. The Hall–Kier alpha value is -1.75. The van der Waals surface area contributed by atoms with Gasteiger partial charge in [0.15, 0.2) is 0 Å². The Kier molecular flexibility index (Phi) is 3.82. The van der Waals surface area contributed by atoms with Crippen molar-refractivity contribution >= 4 is 0 Å². The van der Waals surface area contributed by atoms with Gasteiger partial charge in [0.1, 0.15) is 0 Å². The van der Waals surface area contributed by atoms with E-state index in [-0.39, 0.29) is 6.04 Å². The highest BCUT2D eigenvalue weighted by molar-refractivity contribution is 5.17. The zero-order valence-corrected chi connectivity index (χ0v) is 10.2. The molecule has 5 nitrogen and oxygen atoms in total. The molecule has 1 N–H and O–H groups in total. The molecule has 2 aromatic heterocycles. The van der Waals surface area contributed by atoms with Gasteiger partial charge in [0.2, 0.25) is 0 Å². The van der Waals surface area contributed by atoms with Crippen LogP contribution in [0.15, 0.2) is 31.1 Å². The van der Waals surface area contributed by atoms with Crippen LogP contribution in [0.3, 0.4) is 0 Å². The van der Waals surface area contributed by atoms with Gasteiger partial charge >= 0.3 is 0 Å². The van der Waals surface area contributed by atoms with Gasteiger partial charge in [-0.05, 0) is 13.0 Å². The number of hydrogen-bond acceptors (Lipinski definition) is 4. The van der Waals surface area contributed by atoms with Crippen molar-refractivity contribution in [1.29, 1.82) is 0 Å². The van der Waals surface area contributed by atoms with E-state index in [2.05, 4.69) is 27.2 Å². The normalized spacial score (nSPS) is 12.6. The molecule has 0 spiro atoms. The maximum absolute atomic E-state index is 4.38. The molecule has 1 atom stereocenters. The van der Waals surface area contributed by atoms with Gasteiger partial charge in [0.05, 0.1) is 30.0 Å². The van der Waals surface area contributed by atoms with Crippen molar-refractivity contribution in [2.75, 3.05) is 6.54 Å². The van der Waals surface area contributed by atoms with Gasteiger partial charge in [-0.3, -0.25) is 9.97 Å². The average molecular weight is 231 g/mol. The monoisotopic (exact) mass is 231 g/mol. The summed E-state index contributed by atoms with van der Waals surface area (Å²) in [4.78, 5) is 12.8. The molecular formula is C12H17N5. The number of nitrogens with one attached hydrogen (secondary N) is 1. The first-order valence-corrected chi connectivity index (χ1v) is 5.78. The van der Waals surface area contributed by atoms with E-state index in [9.17, 15) is 0 Å². The number of imidazole rings is 1. The number of aromatic nitrogens is 4. The van der Waals surface area contributed by atoms with E-state index in [4.69, 9.17) is 0 Å². The Morgan fingerprint density at radius 2 is 2.18 bits per heavy atom. The smallest absolute Gasteiger partial charge is 0.0956 e. The lowest BCUT2D eigenvalue weighted by molar-refractivity contribution is 0.574. The molecule has 90 valence electrons. The highest BCUT2D eigenvalue weighted by atomic mass is 15.0. The summed E-state index contributed by atoms with van der Waals surface area (Å²) in [6.45, 7) is 3.07. The molecule has 0 aliphatic rings. The zero-order valence-electron chi connectivity index (χ0n) is 10.2. The van der Waals surface area contributed by atoms with Crippen molar-refractivity contribution in [2.45, 2.75) is 19.4 Å². The summed E-state index contributed by atoms with van der Waals surface area (Å²) < 4.78 is 1.94. The quantitative estimate of drug-likeness (QED) is 0.842. The lowest BCUT2D eigenvalue weighted by Gasteiger charge is -2.15. The molecule has 0 amide bonds. The fourth-order valence-corrected chi connectivity index (χ4v) is 1.69. The van der Waals surface area contributed by atoms with Gasteiger partial charge in [0, 0.05) is 25.6 Å². The van der Waals surface area contributed by atoms with E-state index in [1.807, 2.05) is 17.8 Å². The van der Waals surface area contributed by atoms with E-state index in [1.165, 1.54) is 0 Å². The second-order valence-electron chi connectivity index (χ2n) is 3.98. The Balaban J connectivity index is 2.25. The number of hydrogen-bond donors (Lipinski definition) is 1. The van der Waals surface area contributed by atoms with Crippen molar-refractivity contribution in [3.63, 3.8) is 0 Å². The fraction of sp³-hybridized carbons (Fsp3) is 0.417. The van der Waals surface area contributed by atoms with Crippen LogP contribution in [0.1, 0.15) is 30.8 Å². The van der Waals surface area contributed by atoms with E-state index in [0.717, 1.165) is 24.4 Å². The molecule has 2 aromatic rings. The van der Waals surface area contributed by atoms with Crippen LogP contribution in [-0.4, -0.2) is 26.1 Å². The summed E-state index contributed by atoms with van der Waals surface area (Å²) in [7, 11) is 1.96. The van der Waals surface area contributed by atoms with Crippen molar-refractivity contribution in [2.24, 2.45) is 7.05 Å². The molecular weight excluding hydrogens is 214 g/mol. The van der Waals surface area contributed by atoms with Gasteiger partial charge < -0.3 is 9.88 Å². The molecule has 0 bridgehead atoms. The molecule has 0 radical (unpaired) electrons. The van der Waals surface area contributed by atoms with E-state index >= 15 is 0 Å². The Morgan fingerprint density at radius 1 is 1.29 bits per heavy atom. The third-order valence-electron chi connectivity index (χ3n) is 2.50. The van der Waals surface area contributed by atoms with Gasteiger partial charge in [-0.2, -0.15) is 0 Å². The lowest BCUT2D eigenvalue weighted by Crippen LogP contribution is -2.24. The summed E-state index contributed by atoms with van der Waals surface area (Å²) in [5.74, 6) is 0. The van der Waals surface area contributed by atoms with Gasteiger partial charge in [0.25, 0.3) is 0 Å². The minimum absolute atomic E-state index is 0.0184. The van der Waals surface area contributed by atoms with Crippen LogP contribution in [0.25, 0.3) is 0 Å². The first kappa shape index (κ1) is 11.7. The topological polar surface area (TPSA) is 55.6 Å². The third kappa shape index (κ3) is 2.88. The highest BCUT2D eigenvalue weighted by Crippen LogP contribution is 2.17. The van der Waals surface area contributed by atoms with E-state index in [1.54, 1.807) is 24.9 Å². The third-order valence-corrected chi connectivity index (χ3v) is 2.50. The second kappa shape index (κ2) is 5.54. The summed E-state index contributed by atoms with van der Waals surface area (Å²) >= 11 is 0. The Labute approximate surface area is 101 Å². The van der Waals surface area contributed by atoms with Gasteiger partial charge in [-0.15, -0.1) is 0 Å². The summed E-state index contributed by atoms with van der Waals surface area (Å²) in [5.41, 5.74) is 1.88. The molecule has 0 aliphatic carbocycles. The highest BCUT2D eigenvalue weighted by Gasteiger charge is 2.16. The molecule has 2 rings (SSSR count). The molecule has 0 saturated heterocycles. The number of rotatable bonds is 5. The summed E-state index contributed by atoms with van der Waals surface area (Å²) in [6.07, 6.45) is 10.0. The standard InChI is InChI=1S/C12H17N5/c1-3-4-15-12(10-7-13-5-6-14-10)11-8-17(2)9-16-11/h5-9,12,15H,3-4H2,1-2H3. The van der Waals surface area contributed by atoms with Crippen LogP contribution in [0, 0.1) is 0 Å². The van der Waals surface area contributed by atoms with Crippen molar-refractivity contribution < 1.29 is 0 Å². The predicted molar refractivity (Wildman–Crippen MR) is 65.4 cm³/mol. The SMILES string of the molecule is CCCNC(c1cnccn1)c1cn(C)cn1. The van der Waals surface area contributed by atoms with Crippen LogP contribution in [-0.2, 0) is 7.05 Å². The minimum atomic E-state index is 0.0184.